The van der Waals surface area contributed by atoms with Crippen molar-refractivity contribution in [2.75, 3.05) is 11.4 Å². The van der Waals surface area contributed by atoms with E-state index < -0.39 is 0 Å². The minimum absolute atomic E-state index is 0.117. The lowest BCUT2D eigenvalue weighted by Gasteiger charge is -2.25. The van der Waals surface area contributed by atoms with Gasteiger partial charge >= 0.3 is 0 Å². The number of halogens is 1. The zero-order valence-corrected chi connectivity index (χ0v) is 10.2. The Balaban J connectivity index is 2.49. The van der Waals surface area contributed by atoms with Crippen molar-refractivity contribution in [2.24, 2.45) is 0 Å². The van der Waals surface area contributed by atoms with Crippen molar-refractivity contribution >= 4 is 11.4 Å². The van der Waals surface area contributed by atoms with Gasteiger partial charge in [0, 0.05) is 30.2 Å². The van der Waals surface area contributed by atoms with E-state index in [1.54, 1.807) is 36.7 Å². The van der Waals surface area contributed by atoms with E-state index in [2.05, 4.69) is 4.98 Å². The maximum Gasteiger partial charge on any atom is 0.146 e. The molecule has 2 aromatic rings. The fourth-order valence-corrected chi connectivity index (χ4v) is 1.95. The van der Waals surface area contributed by atoms with E-state index in [-0.39, 0.29) is 12.4 Å². The fourth-order valence-electron chi connectivity index (χ4n) is 1.95. The number of nitrogens with zero attached hydrogens (tertiary/aromatic N) is 2. The highest BCUT2D eigenvalue weighted by atomic mass is 19.1. The molecule has 94 valence electrons. The molecule has 0 saturated carbocycles. The second kappa shape index (κ2) is 5.60. The Morgan fingerprint density at radius 1 is 1.22 bits per heavy atom. The Bertz CT molecular complexity index is 531. The van der Waals surface area contributed by atoms with Crippen LogP contribution < -0.4 is 4.90 Å². The summed E-state index contributed by atoms with van der Waals surface area (Å²) >= 11 is 0. The van der Waals surface area contributed by atoms with Crippen LogP contribution in [0, 0.1) is 5.82 Å². The van der Waals surface area contributed by atoms with E-state index in [1.807, 2.05) is 11.8 Å². The molecule has 0 unspecified atom stereocenters. The lowest BCUT2D eigenvalue weighted by molar-refractivity contribution is 0.281. The number of pyridine rings is 1. The van der Waals surface area contributed by atoms with Crippen LogP contribution in [0.15, 0.2) is 42.7 Å². The van der Waals surface area contributed by atoms with Gasteiger partial charge in [0.05, 0.1) is 12.3 Å². The first-order chi connectivity index (χ1) is 8.77. The van der Waals surface area contributed by atoms with E-state index in [0.717, 1.165) is 5.69 Å². The van der Waals surface area contributed by atoms with Crippen LogP contribution in [-0.2, 0) is 6.61 Å². The summed E-state index contributed by atoms with van der Waals surface area (Å²) < 4.78 is 13.8. The van der Waals surface area contributed by atoms with Crippen molar-refractivity contribution in [3.63, 3.8) is 0 Å². The van der Waals surface area contributed by atoms with Crippen molar-refractivity contribution in [2.45, 2.75) is 13.5 Å². The molecule has 1 N–H and O–H groups in total. The van der Waals surface area contributed by atoms with Crippen molar-refractivity contribution in [3.8, 4) is 0 Å². The summed E-state index contributed by atoms with van der Waals surface area (Å²) in [5.41, 5.74) is 1.96. The number of aliphatic hydroxyl groups is 1. The topological polar surface area (TPSA) is 36.4 Å². The molecule has 18 heavy (non-hydrogen) atoms. The Labute approximate surface area is 106 Å². The van der Waals surface area contributed by atoms with Gasteiger partial charge in [-0.25, -0.2) is 4.39 Å². The van der Waals surface area contributed by atoms with E-state index in [9.17, 15) is 9.50 Å². The van der Waals surface area contributed by atoms with Crippen molar-refractivity contribution < 1.29 is 9.50 Å². The molecule has 1 aromatic heterocycles. The number of aliphatic hydroxyl groups excluding tert-OH is 1. The third kappa shape index (κ3) is 2.33. The van der Waals surface area contributed by atoms with Gasteiger partial charge in [-0.05, 0) is 25.1 Å². The van der Waals surface area contributed by atoms with Gasteiger partial charge in [0.2, 0.25) is 0 Å². The van der Waals surface area contributed by atoms with Gasteiger partial charge in [-0.3, -0.25) is 4.98 Å². The Morgan fingerprint density at radius 3 is 2.67 bits per heavy atom. The predicted octanol–water partition coefficient (Wildman–Crippen LogP) is 2.87. The smallest absolute Gasteiger partial charge is 0.146 e. The molecule has 0 aliphatic carbocycles. The number of anilines is 2. The summed E-state index contributed by atoms with van der Waals surface area (Å²) in [7, 11) is 0. The van der Waals surface area contributed by atoms with E-state index in [1.165, 1.54) is 6.07 Å². The standard InChI is InChI=1S/C14H15FN2O/c1-2-17(14-6-4-3-5-12(14)15)13-7-8-16-9-11(13)10-18/h3-9,18H,2,10H2,1H3. The Morgan fingerprint density at radius 2 is 2.00 bits per heavy atom. The van der Waals surface area contributed by atoms with Crippen LogP contribution in [0.25, 0.3) is 0 Å². The first kappa shape index (κ1) is 12.5. The highest BCUT2D eigenvalue weighted by Crippen LogP contribution is 2.29. The van der Waals surface area contributed by atoms with Gasteiger partial charge < -0.3 is 10.0 Å². The minimum Gasteiger partial charge on any atom is -0.392 e. The average molecular weight is 246 g/mol. The molecule has 0 amide bonds. The molecule has 2 rings (SSSR count). The Hall–Kier alpha value is -1.94. The molecule has 0 fully saturated rings. The highest BCUT2D eigenvalue weighted by Gasteiger charge is 2.14. The normalized spacial score (nSPS) is 10.4. The third-order valence-corrected chi connectivity index (χ3v) is 2.80. The molecule has 0 bridgehead atoms. The number of aromatic nitrogens is 1. The summed E-state index contributed by atoms with van der Waals surface area (Å²) in [5.74, 6) is -0.278. The van der Waals surface area contributed by atoms with Crippen LogP contribution in [0.1, 0.15) is 12.5 Å². The lowest BCUT2D eigenvalue weighted by atomic mass is 10.2. The number of hydrogen-bond donors (Lipinski definition) is 1. The molecular formula is C14H15FN2O. The second-order valence-corrected chi connectivity index (χ2v) is 3.86. The average Bonchev–Trinajstić information content (AvgIpc) is 2.42. The number of para-hydroxylation sites is 1. The molecule has 0 radical (unpaired) electrons. The number of benzene rings is 1. The van der Waals surface area contributed by atoms with Crippen LogP contribution in [0.2, 0.25) is 0 Å². The molecule has 0 aliphatic rings. The quantitative estimate of drug-likeness (QED) is 0.901. The SMILES string of the molecule is CCN(c1ccccc1F)c1ccncc1CO. The van der Waals surface area contributed by atoms with Gasteiger partial charge in [0.25, 0.3) is 0 Å². The second-order valence-electron chi connectivity index (χ2n) is 3.86. The number of rotatable bonds is 4. The molecule has 3 nitrogen and oxygen atoms in total. The summed E-state index contributed by atoms with van der Waals surface area (Å²) in [6.45, 7) is 2.43. The molecule has 0 saturated heterocycles. The van der Waals surface area contributed by atoms with E-state index in [4.69, 9.17) is 0 Å². The van der Waals surface area contributed by atoms with E-state index in [0.29, 0.717) is 17.8 Å². The van der Waals surface area contributed by atoms with Gasteiger partial charge in [0.15, 0.2) is 0 Å². The maximum absolute atomic E-state index is 13.8. The molecular weight excluding hydrogens is 231 g/mol. The van der Waals surface area contributed by atoms with Crippen LogP contribution in [0.4, 0.5) is 15.8 Å². The maximum atomic E-state index is 13.8. The molecule has 1 heterocycles. The molecule has 0 atom stereocenters. The largest absolute Gasteiger partial charge is 0.392 e. The summed E-state index contributed by atoms with van der Waals surface area (Å²) in [6, 6.07) is 8.38. The summed E-state index contributed by atoms with van der Waals surface area (Å²) in [6.07, 6.45) is 3.23. The van der Waals surface area contributed by atoms with E-state index >= 15 is 0 Å². The first-order valence-electron chi connectivity index (χ1n) is 5.83. The first-order valence-corrected chi connectivity index (χ1v) is 5.83. The zero-order chi connectivity index (χ0) is 13.0. The minimum atomic E-state index is -0.278. The van der Waals surface area contributed by atoms with Crippen LogP contribution in [0.3, 0.4) is 0 Å². The summed E-state index contributed by atoms with van der Waals surface area (Å²) in [4.78, 5) is 5.79. The van der Waals surface area contributed by atoms with Crippen LogP contribution in [-0.4, -0.2) is 16.6 Å². The van der Waals surface area contributed by atoms with Gasteiger partial charge in [0.1, 0.15) is 5.82 Å². The van der Waals surface area contributed by atoms with Crippen molar-refractivity contribution in [3.05, 3.63) is 54.1 Å². The van der Waals surface area contributed by atoms with Gasteiger partial charge in [-0.2, -0.15) is 0 Å². The Kier molecular flexibility index (Phi) is 3.89. The molecule has 4 heteroatoms. The monoisotopic (exact) mass is 246 g/mol. The van der Waals surface area contributed by atoms with Gasteiger partial charge in [-0.1, -0.05) is 12.1 Å². The van der Waals surface area contributed by atoms with Gasteiger partial charge in [-0.15, -0.1) is 0 Å². The predicted molar refractivity (Wildman–Crippen MR) is 69.2 cm³/mol. The number of hydrogen-bond acceptors (Lipinski definition) is 3. The fraction of sp³-hybridized carbons (Fsp3) is 0.214. The molecule has 1 aromatic carbocycles. The van der Waals surface area contributed by atoms with Crippen LogP contribution >= 0.6 is 0 Å². The van der Waals surface area contributed by atoms with Crippen LogP contribution in [0.5, 0.6) is 0 Å². The zero-order valence-electron chi connectivity index (χ0n) is 10.2. The summed E-state index contributed by atoms with van der Waals surface area (Å²) in [5, 5.41) is 9.32. The molecule has 0 aliphatic heterocycles. The highest BCUT2D eigenvalue weighted by molar-refractivity contribution is 5.66. The lowest BCUT2D eigenvalue weighted by Crippen LogP contribution is -2.19. The van der Waals surface area contributed by atoms with Crippen molar-refractivity contribution in [1.29, 1.82) is 0 Å². The molecule has 0 spiro atoms. The third-order valence-electron chi connectivity index (χ3n) is 2.80. The van der Waals surface area contributed by atoms with Crippen molar-refractivity contribution in [1.82, 2.24) is 4.98 Å².